The van der Waals surface area contributed by atoms with E-state index < -0.39 is 0 Å². The van der Waals surface area contributed by atoms with Crippen LogP contribution >= 0.6 is 0 Å². The SMILES string of the molecule is c1cc(CN2C[C@H]3CNC[C@H]3C2)co1. The molecule has 76 valence electrons. The fourth-order valence-corrected chi connectivity index (χ4v) is 2.72. The molecule has 2 saturated heterocycles. The predicted molar refractivity (Wildman–Crippen MR) is 53.8 cm³/mol. The summed E-state index contributed by atoms with van der Waals surface area (Å²) in [6, 6.07) is 2.06. The quantitative estimate of drug-likeness (QED) is 0.755. The minimum atomic E-state index is 0.891. The molecule has 1 aromatic rings. The van der Waals surface area contributed by atoms with E-state index in [1.54, 1.807) is 6.26 Å². The Morgan fingerprint density at radius 1 is 1.36 bits per heavy atom. The molecule has 2 atom stereocenters. The Balaban J connectivity index is 1.61. The van der Waals surface area contributed by atoms with Crippen molar-refractivity contribution in [3.63, 3.8) is 0 Å². The first-order valence-corrected chi connectivity index (χ1v) is 5.36. The van der Waals surface area contributed by atoms with Crippen LogP contribution in [0.5, 0.6) is 0 Å². The van der Waals surface area contributed by atoms with Crippen molar-refractivity contribution in [2.24, 2.45) is 11.8 Å². The van der Waals surface area contributed by atoms with Crippen LogP contribution in [0.3, 0.4) is 0 Å². The molecule has 3 heterocycles. The fraction of sp³-hybridized carbons (Fsp3) is 0.636. The molecule has 3 nitrogen and oxygen atoms in total. The second-order valence-electron chi connectivity index (χ2n) is 4.50. The third-order valence-electron chi connectivity index (χ3n) is 3.45. The van der Waals surface area contributed by atoms with Gasteiger partial charge in [0.25, 0.3) is 0 Å². The first kappa shape index (κ1) is 8.50. The molecule has 0 unspecified atom stereocenters. The van der Waals surface area contributed by atoms with E-state index in [0.29, 0.717) is 0 Å². The number of rotatable bonds is 2. The van der Waals surface area contributed by atoms with Crippen molar-refractivity contribution in [2.45, 2.75) is 6.54 Å². The molecular formula is C11H16N2O. The van der Waals surface area contributed by atoms with Gasteiger partial charge in [-0.15, -0.1) is 0 Å². The summed E-state index contributed by atoms with van der Waals surface area (Å²) in [5.74, 6) is 1.78. The lowest BCUT2D eigenvalue weighted by molar-refractivity contribution is 0.304. The van der Waals surface area contributed by atoms with Gasteiger partial charge in [0.1, 0.15) is 0 Å². The van der Waals surface area contributed by atoms with Crippen LogP contribution in [0, 0.1) is 11.8 Å². The largest absolute Gasteiger partial charge is 0.472 e. The van der Waals surface area contributed by atoms with Crippen molar-refractivity contribution >= 4 is 0 Å². The molecule has 0 bridgehead atoms. The minimum absolute atomic E-state index is 0.891. The number of furan rings is 1. The third-order valence-corrected chi connectivity index (χ3v) is 3.45. The Morgan fingerprint density at radius 2 is 2.14 bits per heavy atom. The number of nitrogens with one attached hydrogen (secondary N) is 1. The molecule has 1 aromatic heterocycles. The van der Waals surface area contributed by atoms with E-state index in [0.717, 1.165) is 18.4 Å². The highest BCUT2D eigenvalue weighted by molar-refractivity contribution is 5.06. The lowest BCUT2D eigenvalue weighted by atomic mass is 10.0. The van der Waals surface area contributed by atoms with E-state index in [9.17, 15) is 0 Å². The Labute approximate surface area is 84.1 Å². The van der Waals surface area contributed by atoms with Crippen molar-refractivity contribution in [3.05, 3.63) is 24.2 Å². The van der Waals surface area contributed by atoms with Gasteiger partial charge in [-0.1, -0.05) is 0 Å². The smallest absolute Gasteiger partial charge is 0.0947 e. The van der Waals surface area contributed by atoms with Crippen LogP contribution in [-0.2, 0) is 6.54 Å². The molecule has 3 heteroatoms. The van der Waals surface area contributed by atoms with E-state index in [1.807, 2.05) is 6.26 Å². The summed E-state index contributed by atoms with van der Waals surface area (Å²) < 4.78 is 5.08. The second-order valence-corrected chi connectivity index (χ2v) is 4.50. The van der Waals surface area contributed by atoms with E-state index in [-0.39, 0.29) is 0 Å². The molecule has 0 amide bonds. The first-order chi connectivity index (χ1) is 6.92. The zero-order valence-electron chi connectivity index (χ0n) is 8.28. The summed E-state index contributed by atoms with van der Waals surface area (Å²) in [7, 11) is 0. The van der Waals surface area contributed by atoms with E-state index >= 15 is 0 Å². The summed E-state index contributed by atoms with van der Waals surface area (Å²) in [5, 5.41) is 3.46. The molecule has 2 aliphatic rings. The molecule has 0 aliphatic carbocycles. The molecule has 0 saturated carbocycles. The zero-order chi connectivity index (χ0) is 9.38. The van der Waals surface area contributed by atoms with Gasteiger partial charge in [-0.3, -0.25) is 4.90 Å². The van der Waals surface area contributed by atoms with Crippen LogP contribution in [-0.4, -0.2) is 31.1 Å². The molecule has 0 radical (unpaired) electrons. The highest BCUT2D eigenvalue weighted by atomic mass is 16.3. The summed E-state index contributed by atoms with van der Waals surface area (Å²) in [4.78, 5) is 2.54. The van der Waals surface area contributed by atoms with Gasteiger partial charge in [0.2, 0.25) is 0 Å². The van der Waals surface area contributed by atoms with Crippen molar-refractivity contribution < 1.29 is 4.42 Å². The minimum Gasteiger partial charge on any atom is -0.472 e. The molecular weight excluding hydrogens is 176 g/mol. The van der Waals surface area contributed by atoms with E-state index in [4.69, 9.17) is 4.42 Å². The van der Waals surface area contributed by atoms with Gasteiger partial charge in [-0.25, -0.2) is 0 Å². The van der Waals surface area contributed by atoms with Crippen LogP contribution in [0.15, 0.2) is 23.0 Å². The van der Waals surface area contributed by atoms with Crippen LogP contribution in [0.4, 0.5) is 0 Å². The Kier molecular flexibility index (Phi) is 2.07. The van der Waals surface area contributed by atoms with Crippen LogP contribution in [0.25, 0.3) is 0 Å². The van der Waals surface area contributed by atoms with E-state index in [2.05, 4.69) is 16.3 Å². The van der Waals surface area contributed by atoms with Gasteiger partial charge in [0.15, 0.2) is 0 Å². The van der Waals surface area contributed by atoms with Gasteiger partial charge < -0.3 is 9.73 Å². The molecule has 0 aromatic carbocycles. The summed E-state index contributed by atoms with van der Waals surface area (Å²) in [5.41, 5.74) is 1.30. The van der Waals surface area contributed by atoms with E-state index in [1.165, 1.54) is 31.7 Å². The van der Waals surface area contributed by atoms with Gasteiger partial charge in [-0.05, 0) is 31.0 Å². The van der Waals surface area contributed by atoms with Crippen LogP contribution in [0.2, 0.25) is 0 Å². The highest BCUT2D eigenvalue weighted by Crippen LogP contribution is 2.27. The number of hydrogen-bond donors (Lipinski definition) is 1. The second kappa shape index (κ2) is 3.41. The van der Waals surface area contributed by atoms with Gasteiger partial charge in [-0.2, -0.15) is 0 Å². The lowest BCUT2D eigenvalue weighted by Crippen LogP contribution is -2.25. The Morgan fingerprint density at radius 3 is 2.79 bits per heavy atom. The number of nitrogens with zero attached hydrogens (tertiary/aromatic N) is 1. The zero-order valence-corrected chi connectivity index (χ0v) is 8.28. The van der Waals surface area contributed by atoms with Crippen LogP contribution in [0.1, 0.15) is 5.56 Å². The topological polar surface area (TPSA) is 28.4 Å². The van der Waals surface area contributed by atoms with Crippen LogP contribution < -0.4 is 5.32 Å². The standard InChI is InChI=1S/C11H16N2O/c1-2-14-8-9(1)5-13-6-10-3-12-4-11(10)7-13/h1-2,8,10-12H,3-7H2/t10-,11+. The Hall–Kier alpha value is -0.800. The molecule has 2 aliphatic heterocycles. The van der Waals surface area contributed by atoms with Crippen molar-refractivity contribution in [3.8, 4) is 0 Å². The van der Waals surface area contributed by atoms with Crippen molar-refractivity contribution in [1.29, 1.82) is 0 Å². The number of fused-ring (bicyclic) bond motifs is 1. The summed E-state index contributed by atoms with van der Waals surface area (Å²) >= 11 is 0. The maximum Gasteiger partial charge on any atom is 0.0947 e. The molecule has 0 spiro atoms. The lowest BCUT2D eigenvalue weighted by Gasteiger charge is -2.15. The monoisotopic (exact) mass is 192 g/mol. The molecule has 3 rings (SSSR count). The third kappa shape index (κ3) is 1.47. The van der Waals surface area contributed by atoms with Gasteiger partial charge >= 0.3 is 0 Å². The highest BCUT2D eigenvalue weighted by Gasteiger charge is 2.35. The van der Waals surface area contributed by atoms with Gasteiger partial charge in [0, 0.05) is 25.2 Å². The van der Waals surface area contributed by atoms with Crippen molar-refractivity contribution in [2.75, 3.05) is 26.2 Å². The summed E-state index contributed by atoms with van der Waals surface area (Å²) in [6.07, 6.45) is 3.61. The molecule has 14 heavy (non-hydrogen) atoms. The normalized spacial score (nSPS) is 32.3. The Bertz CT molecular complexity index is 284. The van der Waals surface area contributed by atoms with Gasteiger partial charge in [0.05, 0.1) is 12.5 Å². The molecule has 2 fully saturated rings. The maximum absolute atomic E-state index is 5.08. The molecule has 1 N–H and O–H groups in total. The average Bonchev–Trinajstić information content (AvgIpc) is 2.78. The first-order valence-electron chi connectivity index (χ1n) is 5.36. The van der Waals surface area contributed by atoms with Crippen molar-refractivity contribution in [1.82, 2.24) is 10.2 Å². The summed E-state index contributed by atoms with van der Waals surface area (Å²) in [6.45, 7) is 5.99. The maximum atomic E-state index is 5.08. The number of likely N-dealkylation sites (tertiary alicyclic amines) is 1. The predicted octanol–water partition coefficient (Wildman–Crippen LogP) is 0.931. The number of hydrogen-bond acceptors (Lipinski definition) is 3. The average molecular weight is 192 g/mol. The fourth-order valence-electron chi connectivity index (χ4n) is 2.72.